The standard InChI is InChI=1S/C23H21Cl3N2O4S/c1-32-21-11-10-17(14-19(21)25)33(30,31)28(13-12-16-6-3-2-4-7-16)15-22(29)27-20-9-5-8-18(24)23(20)26/h2-11,14H,12-13,15H2,1H3,(H,27,29). The van der Waals surface area contributed by atoms with Crippen molar-refractivity contribution in [1.29, 1.82) is 0 Å². The Balaban J connectivity index is 1.87. The largest absolute Gasteiger partial charge is 0.495 e. The third-order valence-corrected chi connectivity index (χ3v) is 7.75. The Labute approximate surface area is 208 Å². The number of methoxy groups -OCH3 is 1. The fourth-order valence-corrected chi connectivity index (χ4v) is 5.18. The van der Waals surface area contributed by atoms with Gasteiger partial charge < -0.3 is 10.1 Å². The van der Waals surface area contributed by atoms with Crippen LogP contribution in [-0.2, 0) is 21.2 Å². The van der Waals surface area contributed by atoms with E-state index in [2.05, 4.69) is 5.32 Å². The number of amides is 1. The van der Waals surface area contributed by atoms with Crippen molar-refractivity contribution >= 4 is 56.4 Å². The molecule has 10 heteroatoms. The molecular formula is C23H21Cl3N2O4S. The molecule has 6 nitrogen and oxygen atoms in total. The van der Waals surface area contributed by atoms with Crippen LogP contribution in [0.15, 0.2) is 71.6 Å². The Morgan fingerprint density at radius 3 is 2.36 bits per heavy atom. The maximum Gasteiger partial charge on any atom is 0.243 e. The molecule has 3 aromatic rings. The molecule has 3 aromatic carbocycles. The maximum atomic E-state index is 13.4. The highest BCUT2D eigenvalue weighted by Gasteiger charge is 2.27. The molecule has 1 amide bonds. The van der Waals surface area contributed by atoms with Crippen molar-refractivity contribution in [2.45, 2.75) is 11.3 Å². The highest BCUT2D eigenvalue weighted by molar-refractivity contribution is 7.89. The van der Waals surface area contributed by atoms with E-state index in [1.54, 1.807) is 18.2 Å². The van der Waals surface area contributed by atoms with Gasteiger partial charge in [0, 0.05) is 6.54 Å². The zero-order valence-corrected chi connectivity index (χ0v) is 20.7. The summed E-state index contributed by atoms with van der Waals surface area (Å²) < 4.78 is 33.0. The minimum atomic E-state index is -4.05. The summed E-state index contributed by atoms with van der Waals surface area (Å²) in [5.74, 6) is -0.213. The van der Waals surface area contributed by atoms with Gasteiger partial charge >= 0.3 is 0 Å². The van der Waals surface area contributed by atoms with Gasteiger partial charge in [0.1, 0.15) is 5.75 Å². The van der Waals surface area contributed by atoms with Crippen LogP contribution in [0.2, 0.25) is 15.1 Å². The zero-order valence-electron chi connectivity index (χ0n) is 17.6. The molecule has 0 aromatic heterocycles. The van der Waals surface area contributed by atoms with E-state index in [0.29, 0.717) is 17.9 Å². The number of nitrogens with zero attached hydrogens (tertiary/aromatic N) is 1. The molecule has 1 N–H and O–H groups in total. The molecule has 0 atom stereocenters. The fraction of sp³-hybridized carbons (Fsp3) is 0.174. The van der Waals surface area contributed by atoms with Crippen molar-refractivity contribution in [2.24, 2.45) is 0 Å². The highest BCUT2D eigenvalue weighted by Crippen LogP contribution is 2.30. The van der Waals surface area contributed by atoms with Crippen molar-refractivity contribution in [2.75, 3.05) is 25.5 Å². The van der Waals surface area contributed by atoms with E-state index >= 15 is 0 Å². The van der Waals surface area contributed by atoms with Crippen LogP contribution in [0.25, 0.3) is 0 Å². The molecule has 0 saturated carbocycles. The first-order valence-electron chi connectivity index (χ1n) is 9.84. The summed E-state index contributed by atoms with van der Waals surface area (Å²) in [5, 5.41) is 3.22. The van der Waals surface area contributed by atoms with Gasteiger partial charge in [0.25, 0.3) is 0 Å². The van der Waals surface area contributed by atoms with Crippen LogP contribution in [0.5, 0.6) is 5.75 Å². The van der Waals surface area contributed by atoms with Crippen LogP contribution >= 0.6 is 34.8 Å². The molecule has 0 aliphatic heterocycles. The summed E-state index contributed by atoms with van der Waals surface area (Å²) in [4.78, 5) is 12.7. The van der Waals surface area contributed by atoms with Gasteiger partial charge in [-0.1, -0.05) is 71.2 Å². The van der Waals surface area contributed by atoms with Crippen LogP contribution in [0.4, 0.5) is 5.69 Å². The van der Waals surface area contributed by atoms with E-state index in [1.165, 1.54) is 25.3 Å². The van der Waals surface area contributed by atoms with E-state index in [4.69, 9.17) is 39.5 Å². The van der Waals surface area contributed by atoms with Gasteiger partial charge in [-0.15, -0.1) is 0 Å². The molecule has 0 aliphatic rings. The lowest BCUT2D eigenvalue weighted by atomic mass is 10.1. The lowest BCUT2D eigenvalue weighted by Crippen LogP contribution is -2.39. The lowest BCUT2D eigenvalue weighted by molar-refractivity contribution is -0.116. The Morgan fingerprint density at radius 2 is 1.70 bits per heavy atom. The lowest BCUT2D eigenvalue weighted by Gasteiger charge is -2.22. The Hall–Kier alpha value is -2.29. The van der Waals surface area contributed by atoms with Crippen molar-refractivity contribution in [3.63, 3.8) is 0 Å². The first kappa shape index (κ1) is 25.3. The van der Waals surface area contributed by atoms with Gasteiger partial charge in [-0.2, -0.15) is 4.31 Å². The molecule has 0 fully saturated rings. The Bertz CT molecular complexity index is 1240. The highest BCUT2D eigenvalue weighted by atomic mass is 35.5. The third kappa shape index (κ3) is 6.40. The Kier molecular flexibility index (Phi) is 8.62. The number of hydrogen-bond acceptors (Lipinski definition) is 4. The van der Waals surface area contributed by atoms with Crippen LogP contribution in [0.1, 0.15) is 5.56 Å². The Morgan fingerprint density at radius 1 is 0.970 bits per heavy atom. The number of carbonyl (C=O) groups excluding carboxylic acids is 1. The van der Waals surface area contributed by atoms with Gasteiger partial charge in [-0.25, -0.2) is 8.42 Å². The summed E-state index contributed by atoms with van der Waals surface area (Å²) in [7, 11) is -2.61. The number of rotatable bonds is 9. The smallest absolute Gasteiger partial charge is 0.243 e. The van der Waals surface area contributed by atoms with Crippen LogP contribution in [0.3, 0.4) is 0 Å². The maximum absolute atomic E-state index is 13.4. The molecule has 0 unspecified atom stereocenters. The average molecular weight is 528 g/mol. The van der Waals surface area contributed by atoms with Crippen LogP contribution in [-0.4, -0.2) is 38.8 Å². The number of anilines is 1. The minimum absolute atomic E-state index is 0.0463. The second-order valence-electron chi connectivity index (χ2n) is 7.02. The number of ether oxygens (including phenoxy) is 1. The summed E-state index contributed by atoms with van der Waals surface area (Å²) in [6, 6.07) is 18.3. The SMILES string of the molecule is COc1ccc(S(=O)(=O)N(CCc2ccccc2)CC(=O)Nc2cccc(Cl)c2Cl)cc1Cl. The van der Waals surface area contributed by atoms with E-state index in [0.717, 1.165) is 9.87 Å². The molecule has 174 valence electrons. The van der Waals surface area contributed by atoms with E-state index in [1.807, 2.05) is 30.3 Å². The quantitative estimate of drug-likeness (QED) is 0.397. The van der Waals surface area contributed by atoms with E-state index in [9.17, 15) is 13.2 Å². The number of sulfonamides is 1. The summed E-state index contributed by atoms with van der Waals surface area (Å²) in [5.41, 5.74) is 1.23. The molecule has 0 radical (unpaired) electrons. The van der Waals surface area contributed by atoms with Crippen LogP contribution < -0.4 is 10.1 Å². The fourth-order valence-electron chi connectivity index (χ4n) is 3.09. The van der Waals surface area contributed by atoms with Crippen molar-refractivity contribution in [3.05, 3.63) is 87.4 Å². The summed E-state index contributed by atoms with van der Waals surface area (Å²) in [6.07, 6.45) is 0.412. The van der Waals surface area contributed by atoms with Crippen molar-refractivity contribution < 1.29 is 17.9 Å². The third-order valence-electron chi connectivity index (χ3n) is 4.80. The molecule has 0 heterocycles. The molecule has 0 saturated heterocycles. The van der Waals surface area contributed by atoms with Gasteiger partial charge in [0.05, 0.1) is 39.3 Å². The number of hydrogen-bond donors (Lipinski definition) is 1. The normalized spacial score (nSPS) is 11.4. The number of benzene rings is 3. The predicted octanol–water partition coefficient (Wildman–Crippen LogP) is 5.53. The second-order valence-corrected chi connectivity index (χ2v) is 10.2. The number of halogens is 3. The predicted molar refractivity (Wildman–Crippen MR) is 132 cm³/mol. The van der Waals surface area contributed by atoms with Crippen LogP contribution in [0, 0.1) is 0 Å². The minimum Gasteiger partial charge on any atom is -0.495 e. The first-order chi connectivity index (χ1) is 15.7. The van der Waals surface area contributed by atoms with Gasteiger partial charge in [-0.3, -0.25) is 4.79 Å². The average Bonchev–Trinajstić information content (AvgIpc) is 2.80. The molecule has 33 heavy (non-hydrogen) atoms. The first-order valence-corrected chi connectivity index (χ1v) is 12.4. The van der Waals surface area contributed by atoms with Crippen molar-refractivity contribution in [1.82, 2.24) is 4.31 Å². The zero-order chi connectivity index (χ0) is 24.0. The van der Waals surface area contributed by atoms with Crippen molar-refractivity contribution in [3.8, 4) is 5.75 Å². The van der Waals surface area contributed by atoms with E-state index in [-0.39, 0.29) is 26.5 Å². The number of nitrogens with one attached hydrogen (secondary N) is 1. The summed E-state index contributed by atoms with van der Waals surface area (Å²) >= 11 is 18.3. The topological polar surface area (TPSA) is 75.7 Å². The molecule has 0 bridgehead atoms. The summed E-state index contributed by atoms with van der Waals surface area (Å²) in [6.45, 7) is -0.353. The second kappa shape index (κ2) is 11.2. The molecule has 3 rings (SSSR count). The molecule has 0 spiro atoms. The molecular weight excluding hydrogens is 507 g/mol. The van der Waals surface area contributed by atoms with Gasteiger partial charge in [0.15, 0.2) is 0 Å². The van der Waals surface area contributed by atoms with Gasteiger partial charge in [0.2, 0.25) is 15.9 Å². The monoisotopic (exact) mass is 526 g/mol. The molecule has 0 aliphatic carbocycles. The number of carbonyl (C=O) groups is 1. The van der Waals surface area contributed by atoms with Gasteiger partial charge in [-0.05, 0) is 42.3 Å². The van der Waals surface area contributed by atoms with E-state index < -0.39 is 22.5 Å².